The Morgan fingerprint density at radius 3 is 2.62 bits per heavy atom. The Morgan fingerprint density at radius 1 is 1.17 bits per heavy atom. The molecule has 2 aromatic rings. The molecule has 0 aliphatic carbocycles. The Labute approximate surface area is 152 Å². The number of urea groups is 1. The van der Waals surface area contributed by atoms with Crippen LogP contribution in [0, 0.1) is 0 Å². The number of rotatable bonds is 7. The number of halogens is 2. The number of nitrogens with one attached hydrogen (secondary N) is 1. The van der Waals surface area contributed by atoms with E-state index in [0.29, 0.717) is 29.7 Å². The zero-order valence-corrected chi connectivity index (χ0v) is 15.0. The van der Waals surface area contributed by atoms with E-state index in [-0.39, 0.29) is 6.03 Å². The van der Waals surface area contributed by atoms with Crippen LogP contribution in [0.15, 0.2) is 48.5 Å². The molecule has 0 atom stereocenters. The largest absolute Gasteiger partial charge is 0.494 e. The van der Waals surface area contributed by atoms with Crippen molar-refractivity contribution in [2.45, 2.75) is 13.0 Å². The summed E-state index contributed by atoms with van der Waals surface area (Å²) in [5.74, 6) is 0.832. The minimum Gasteiger partial charge on any atom is -0.494 e. The van der Waals surface area contributed by atoms with Crippen LogP contribution in [-0.4, -0.2) is 31.1 Å². The molecule has 6 heteroatoms. The van der Waals surface area contributed by atoms with Crippen molar-refractivity contribution >= 4 is 29.2 Å². The predicted octanol–water partition coefficient (Wildman–Crippen LogP) is 4.60. The molecule has 0 saturated heterocycles. The van der Waals surface area contributed by atoms with Crippen LogP contribution in [0.2, 0.25) is 10.0 Å². The first kappa shape index (κ1) is 18.4. The maximum absolute atomic E-state index is 12.1. The summed E-state index contributed by atoms with van der Waals surface area (Å²) in [4.78, 5) is 13.6. The van der Waals surface area contributed by atoms with Gasteiger partial charge in [-0.1, -0.05) is 47.5 Å². The Hall–Kier alpha value is -1.91. The minimum atomic E-state index is -0.152. The third-order valence-corrected chi connectivity index (χ3v) is 3.97. The van der Waals surface area contributed by atoms with Crippen molar-refractivity contribution in [3.05, 3.63) is 64.1 Å². The second kappa shape index (κ2) is 9.40. The molecule has 1 N–H and O–H groups in total. The first-order chi connectivity index (χ1) is 11.6. The lowest BCUT2D eigenvalue weighted by atomic mass is 10.2. The highest BCUT2D eigenvalue weighted by Crippen LogP contribution is 2.21. The van der Waals surface area contributed by atoms with Crippen LogP contribution in [0.3, 0.4) is 0 Å². The highest BCUT2D eigenvalue weighted by molar-refractivity contribution is 6.35. The topological polar surface area (TPSA) is 41.6 Å². The molecule has 4 nitrogen and oxygen atoms in total. The van der Waals surface area contributed by atoms with Crippen molar-refractivity contribution in [2.24, 2.45) is 0 Å². The monoisotopic (exact) mass is 366 g/mol. The maximum atomic E-state index is 12.1. The van der Waals surface area contributed by atoms with Gasteiger partial charge in [-0.25, -0.2) is 4.79 Å². The fraction of sp³-hybridized carbons (Fsp3) is 0.278. The SMILES string of the molecule is CN(Cc1ccc(Cl)cc1Cl)C(=O)NCCCOc1ccccc1. The van der Waals surface area contributed by atoms with E-state index in [1.165, 1.54) is 0 Å². The summed E-state index contributed by atoms with van der Waals surface area (Å²) in [6, 6.07) is 14.7. The van der Waals surface area contributed by atoms with E-state index in [4.69, 9.17) is 27.9 Å². The molecular formula is C18H20Cl2N2O2. The van der Waals surface area contributed by atoms with Crippen LogP contribution >= 0.6 is 23.2 Å². The number of hydrogen-bond acceptors (Lipinski definition) is 2. The highest BCUT2D eigenvalue weighted by atomic mass is 35.5. The van der Waals surface area contributed by atoms with Gasteiger partial charge in [0.05, 0.1) is 6.61 Å². The van der Waals surface area contributed by atoms with Crippen molar-refractivity contribution in [1.82, 2.24) is 10.2 Å². The first-order valence-corrected chi connectivity index (χ1v) is 8.42. The molecule has 24 heavy (non-hydrogen) atoms. The lowest BCUT2D eigenvalue weighted by Gasteiger charge is -2.19. The molecule has 0 aliphatic heterocycles. The summed E-state index contributed by atoms with van der Waals surface area (Å²) in [7, 11) is 1.72. The lowest BCUT2D eigenvalue weighted by molar-refractivity contribution is 0.205. The van der Waals surface area contributed by atoms with Gasteiger partial charge in [-0.2, -0.15) is 0 Å². The van der Waals surface area contributed by atoms with Crippen molar-refractivity contribution in [3.63, 3.8) is 0 Å². The van der Waals surface area contributed by atoms with Gasteiger partial charge in [0.15, 0.2) is 0 Å². The molecule has 0 spiro atoms. The third kappa shape index (κ3) is 5.95. The van der Waals surface area contributed by atoms with Crippen LogP contribution in [0.4, 0.5) is 4.79 Å². The highest BCUT2D eigenvalue weighted by Gasteiger charge is 2.10. The number of carbonyl (C=O) groups excluding carboxylic acids is 1. The maximum Gasteiger partial charge on any atom is 0.317 e. The summed E-state index contributed by atoms with van der Waals surface area (Å²) in [5, 5.41) is 3.99. The summed E-state index contributed by atoms with van der Waals surface area (Å²) in [6.07, 6.45) is 0.732. The van der Waals surface area contributed by atoms with Gasteiger partial charge in [0.25, 0.3) is 0 Å². The molecule has 0 heterocycles. The smallest absolute Gasteiger partial charge is 0.317 e. The predicted molar refractivity (Wildman–Crippen MR) is 97.9 cm³/mol. The van der Waals surface area contributed by atoms with Gasteiger partial charge in [0.2, 0.25) is 0 Å². The van der Waals surface area contributed by atoms with Gasteiger partial charge in [-0.3, -0.25) is 0 Å². The second-order valence-corrected chi connectivity index (χ2v) is 6.18. The van der Waals surface area contributed by atoms with Gasteiger partial charge in [0, 0.05) is 30.2 Å². The van der Waals surface area contributed by atoms with Crippen LogP contribution in [0.25, 0.3) is 0 Å². The van der Waals surface area contributed by atoms with Crippen molar-refractivity contribution < 1.29 is 9.53 Å². The Morgan fingerprint density at radius 2 is 1.92 bits per heavy atom. The fourth-order valence-corrected chi connectivity index (χ4v) is 2.55. The number of hydrogen-bond donors (Lipinski definition) is 1. The van der Waals surface area contributed by atoms with Crippen LogP contribution in [-0.2, 0) is 6.54 Å². The van der Waals surface area contributed by atoms with Crippen molar-refractivity contribution in [3.8, 4) is 5.75 Å². The van der Waals surface area contributed by atoms with E-state index in [2.05, 4.69) is 5.32 Å². The lowest BCUT2D eigenvalue weighted by Crippen LogP contribution is -2.37. The zero-order chi connectivity index (χ0) is 17.4. The summed E-state index contributed by atoms with van der Waals surface area (Å²) in [6.45, 7) is 1.52. The number of nitrogens with zero attached hydrogens (tertiary/aromatic N) is 1. The summed E-state index contributed by atoms with van der Waals surface area (Å²) in [5.41, 5.74) is 0.853. The van der Waals surface area contributed by atoms with Gasteiger partial charge in [-0.15, -0.1) is 0 Å². The van der Waals surface area contributed by atoms with Crippen LogP contribution in [0.5, 0.6) is 5.75 Å². The quantitative estimate of drug-likeness (QED) is 0.727. The van der Waals surface area contributed by atoms with Crippen molar-refractivity contribution in [1.29, 1.82) is 0 Å². The first-order valence-electron chi connectivity index (χ1n) is 7.67. The molecule has 2 rings (SSSR count). The van der Waals surface area contributed by atoms with E-state index in [1.807, 2.05) is 36.4 Å². The number of carbonyl (C=O) groups is 1. The standard InChI is InChI=1S/C18H20Cl2N2O2/c1-22(13-14-8-9-15(19)12-17(14)20)18(23)21-10-5-11-24-16-6-3-2-4-7-16/h2-4,6-9,12H,5,10-11,13H2,1H3,(H,21,23). The van der Waals surface area contributed by atoms with Gasteiger partial charge in [-0.05, 0) is 36.2 Å². The van der Waals surface area contributed by atoms with Crippen LogP contribution < -0.4 is 10.1 Å². The second-order valence-electron chi connectivity index (χ2n) is 5.34. The summed E-state index contributed by atoms with van der Waals surface area (Å²) >= 11 is 12.0. The molecule has 0 aromatic heterocycles. The molecule has 0 radical (unpaired) electrons. The average molecular weight is 367 g/mol. The molecule has 0 fully saturated rings. The molecular weight excluding hydrogens is 347 g/mol. The van der Waals surface area contributed by atoms with Crippen LogP contribution in [0.1, 0.15) is 12.0 Å². The molecule has 2 amide bonds. The number of benzene rings is 2. The molecule has 2 aromatic carbocycles. The minimum absolute atomic E-state index is 0.152. The third-order valence-electron chi connectivity index (χ3n) is 3.38. The summed E-state index contributed by atoms with van der Waals surface area (Å²) < 4.78 is 5.58. The van der Waals surface area contributed by atoms with E-state index < -0.39 is 0 Å². The molecule has 0 saturated carbocycles. The van der Waals surface area contributed by atoms with Crippen molar-refractivity contribution in [2.75, 3.05) is 20.2 Å². The van der Waals surface area contributed by atoms with Gasteiger partial charge in [0.1, 0.15) is 5.75 Å². The van der Waals surface area contributed by atoms with E-state index >= 15 is 0 Å². The normalized spacial score (nSPS) is 10.3. The fourth-order valence-electron chi connectivity index (χ4n) is 2.09. The Bertz CT molecular complexity index is 665. The number of para-hydroxylation sites is 1. The Balaban J connectivity index is 1.68. The molecule has 128 valence electrons. The van der Waals surface area contributed by atoms with E-state index in [9.17, 15) is 4.79 Å². The average Bonchev–Trinajstić information content (AvgIpc) is 2.57. The zero-order valence-electron chi connectivity index (χ0n) is 13.5. The molecule has 0 bridgehead atoms. The Kier molecular flexibility index (Phi) is 7.22. The van der Waals surface area contributed by atoms with E-state index in [1.54, 1.807) is 24.1 Å². The van der Waals surface area contributed by atoms with Gasteiger partial charge >= 0.3 is 6.03 Å². The molecule has 0 unspecified atom stereocenters. The number of ether oxygens (including phenoxy) is 1. The van der Waals surface area contributed by atoms with E-state index in [0.717, 1.165) is 17.7 Å². The molecule has 0 aliphatic rings. The van der Waals surface area contributed by atoms with Gasteiger partial charge < -0.3 is 15.0 Å². The number of amides is 2.